The largest absolute Gasteiger partial charge is 0.465 e. The molecule has 6 nitrogen and oxygen atoms in total. The minimum atomic E-state index is -3.87. The lowest BCUT2D eigenvalue weighted by Gasteiger charge is -2.21. The average Bonchev–Trinajstić information content (AvgIpc) is 2.40. The molecule has 0 spiro atoms. The Hall–Kier alpha value is -1.31. The van der Waals surface area contributed by atoms with Crippen LogP contribution in [0.1, 0.15) is 19.4 Å². The number of nitrogens with two attached hydrogens (primary N) is 1. The maximum Gasteiger partial charge on any atom is 0.321 e. The highest BCUT2D eigenvalue weighted by Gasteiger charge is 2.28. The molecule has 0 radical (unpaired) electrons. The quantitative estimate of drug-likeness (QED) is 0.633. The molecule has 0 saturated heterocycles. The number of likely N-dealkylation sites (N-methyl/N-ethyl adjacent to an activating group) is 1. The minimum absolute atomic E-state index is 0.00125. The normalized spacial score (nSPS) is 11.7. The number of esters is 1. The van der Waals surface area contributed by atoms with Gasteiger partial charge in [-0.1, -0.05) is 18.5 Å². The summed E-state index contributed by atoms with van der Waals surface area (Å²) in [4.78, 5) is 11.5. The van der Waals surface area contributed by atoms with Crippen LogP contribution >= 0.6 is 11.6 Å². The first-order valence-electron chi connectivity index (χ1n) is 6.45. The molecule has 21 heavy (non-hydrogen) atoms. The highest BCUT2D eigenvalue weighted by Crippen LogP contribution is 2.28. The monoisotopic (exact) mass is 334 g/mol. The van der Waals surface area contributed by atoms with Crippen LogP contribution in [0.2, 0.25) is 5.02 Å². The number of anilines is 1. The Morgan fingerprint density at radius 3 is 2.52 bits per heavy atom. The summed E-state index contributed by atoms with van der Waals surface area (Å²) in [5, 5.41) is 0.226. The van der Waals surface area contributed by atoms with Crippen molar-refractivity contribution in [1.29, 1.82) is 0 Å². The van der Waals surface area contributed by atoms with E-state index in [0.717, 1.165) is 4.31 Å². The van der Waals surface area contributed by atoms with Crippen molar-refractivity contribution in [2.45, 2.75) is 25.7 Å². The molecule has 118 valence electrons. The molecular formula is C13H19ClN2O4S. The van der Waals surface area contributed by atoms with Gasteiger partial charge in [0.15, 0.2) is 0 Å². The number of halogens is 1. The summed E-state index contributed by atoms with van der Waals surface area (Å²) in [5.74, 6) is -0.601. The van der Waals surface area contributed by atoms with Gasteiger partial charge in [-0.2, -0.15) is 4.31 Å². The van der Waals surface area contributed by atoms with Crippen molar-refractivity contribution in [3.05, 3.63) is 22.7 Å². The Balaban J connectivity index is 3.22. The molecule has 1 rings (SSSR count). The number of hydrogen-bond donors (Lipinski definition) is 1. The van der Waals surface area contributed by atoms with Crippen LogP contribution in [0.3, 0.4) is 0 Å². The number of sulfonamides is 1. The van der Waals surface area contributed by atoms with Gasteiger partial charge in [-0.3, -0.25) is 4.79 Å². The number of ether oxygens (including phenoxy) is 1. The van der Waals surface area contributed by atoms with Crippen LogP contribution in [0.4, 0.5) is 5.69 Å². The van der Waals surface area contributed by atoms with Gasteiger partial charge in [0, 0.05) is 17.3 Å². The topological polar surface area (TPSA) is 89.7 Å². The summed E-state index contributed by atoms with van der Waals surface area (Å²) < 4.78 is 31.1. The molecule has 0 aliphatic rings. The standard InChI is InChI=1S/C13H19ClN2O4S/c1-4-16(8-13(17)20-5-2)21(18,19)12-7-10(14)6-11(15)9(12)3/h6-7H,4-5,8,15H2,1-3H3. The van der Waals surface area contributed by atoms with Gasteiger partial charge in [-0.25, -0.2) is 8.42 Å². The maximum atomic E-state index is 12.6. The molecular weight excluding hydrogens is 316 g/mol. The summed E-state index contributed by atoms with van der Waals surface area (Å²) in [6, 6.07) is 2.81. The summed E-state index contributed by atoms with van der Waals surface area (Å²) in [7, 11) is -3.87. The van der Waals surface area contributed by atoms with E-state index in [1.165, 1.54) is 12.1 Å². The van der Waals surface area contributed by atoms with Crippen LogP contribution in [0.15, 0.2) is 17.0 Å². The first-order valence-corrected chi connectivity index (χ1v) is 8.27. The molecule has 0 amide bonds. The van der Waals surface area contributed by atoms with E-state index in [9.17, 15) is 13.2 Å². The molecule has 0 aromatic heterocycles. The van der Waals surface area contributed by atoms with E-state index in [1.807, 2.05) is 0 Å². The van der Waals surface area contributed by atoms with Crippen molar-refractivity contribution in [1.82, 2.24) is 4.31 Å². The third-order valence-corrected chi connectivity index (χ3v) is 5.21. The van der Waals surface area contributed by atoms with Crippen molar-refractivity contribution in [2.75, 3.05) is 25.4 Å². The number of nitrogen functional groups attached to an aromatic ring is 1. The SMILES string of the molecule is CCOC(=O)CN(CC)S(=O)(=O)c1cc(Cl)cc(N)c1C. The first kappa shape index (κ1) is 17.7. The molecule has 0 atom stereocenters. The Kier molecular flexibility index (Phi) is 6.00. The van der Waals surface area contributed by atoms with Crippen molar-refractivity contribution in [3.63, 3.8) is 0 Å². The minimum Gasteiger partial charge on any atom is -0.465 e. The second-order valence-electron chi connectivity index (χ2n) is 4.35. The molecule has 0 saturated carbocycles. The maximum absolute atomic E-state index is 12.6. The van der Waals surface area contributed by atoms with E-state index in [4.69, 9.17) is 22.1 Å². The number of benzene rings is 1. The molecule has 1 aromatic carbocycles. The summed E-state index contributed by atoms with van der Waals surface area (Å²) >= 11 is 5.88. The zero-order chi connectivity index (χ0) is 16.2. The third-order valence-electron chi connectivity index (χ3n) is 2.95. The van der Waals surface area contributed by atoms with Gasteiger partial charge in [0.2, 0.25) is 10.0 Å². The number of carbonyl (C=O) groups is 1. The van der Waals surface area contributed by atoms with Gasteiger partial charge in [-0.05, 0) is 31.5 Å². The van der Waals surface area contributed by atoms with Gasteiger partial charge in [0.1, 0.15) is 6.54 Å². The summed E-state index contributed by atoms with van der Waals surface area (Å²) in [6.07, 6.45) is 0. The fourth-order valence-electron chi connectivity index (χ4n) is 1.80. The predicted octanol–water partition coefficient (Wildman–Crippen LogP) is 1.80. The molecule has 0 fully saturated rings. The van der Waals surface area contributed by atoms with Crippen LogP contribution < -0.4 is 5.73 Å². The van der Waals surface area contributed by atoms with E-state index in [0.29, 0.717) is 5.56 Å². The fraction of sp³-hybridized carbons (Fsp3) is 0.462. The predicted molar refractivity (Wildman–Crippen MR) is 81.7 cm³/mol. The number of carbonyl (C=O) groups excluding carboxylic acids is 1. The highest BCUT2D eigenvalue weighted by molar-refractivity contribution is 7.89. The Morgan fingerprint density at radius 1 is 1.38 bits per heavy atom. The fourth-order valence-corrected chi connectivity index (χ4v) is 3.76. The molecule has 0 unspecified atom stereocenters. The third kappa shape index (κ3) is 4.09. The molecule has 1 aromatic rings. The molecule has 2 N–H and O–H groups in total. The Bertz CT molecular complexity index is 631. The van der Waals surface area contributed by atoms with Crippen molar-refractivity contribution < 1.29 is 17.9 Å². The smallest absolute Gasteiger partial charge is 0.321 e. The summed E-state index contributed by atoms with van der Waals surface area (Å²) in [5.41, 5.74) is 6.44. The number of hydrogen-bond acceptors (Lipinski definition) is 5. The van der Waals surface area contributed by atoms with Crippen LogP contribution in [0.25, 0.3) is 0 Å². The summed E-state index contributed by atoms with van der Waals surface area (Å²) in [6.45, 7) is 4.87. The molecule has 0 bridgehead atoms. The molecule has 8 heteroatoms. The Morgan fingerprint density at radius 2 is 2.00 bits per heavy atom. The van der Waals surface area contributed by atoms with Gasteiger partial charge in [0.05, 0.1) is 11.5 Å². The molecule has 0 aliphatic heterocycles. The van der Waals surface area contributed by atoms with Crippen molar-refractivity contribution >= 4 is 33.3 Å². The second kappa shape index (κ2) is 7.11. The molecule has 0 heterocycles. The van der Waals surface area contributed by atoms with E-state index >= 15 is 0 Å². The van der Waals surface area contributed by atoms with Gasteiger partial charge >= 0.3 is 5.97 Å². The first-order chi connectivity index (χ1) is 9.73. The zero-order valence-corrected chi connectivity index (χ0v) is 13.8. The van der Waals surface area contributed by atoms with E-state index < -0.39 is 16.0 Å². The number of nitrogens with zero attached hydrogens (tertiary/aromatic N) is 1. The van der Waals surface area contributed by atoms with Crippen LogP contribution in [-0.4, -0.2) is 38.4 Å². The van der Waals surface area contributed by atoms with Gasteiger partial charge in [-0.15, -0.1) is 0 Å². The van der Waals surface area contributed by atoms with E-state index in [1.54, 1.807) is 20.8 Å². The average molecular weight is 335 g/mol. The van der Waals surface area contributed by atoms with Crippen molar-refractivity contribution in [3.8, 4) is 0 Å². The van der Waals surface area contributed by atoms with Crippen LogP contribution in [0.5, 0.6) is 0 Å². The lowest BCUT2D eigenvalue weighted by molar-refractivity contribution is -0.143. The zero-order valence-electron chi connectivity index (χ0n) is 12.2. The highest BCUT2D eigenvalue weighted by atomic mass is 35.5. The van der Waals surface area contributed by atoms with Crippen LogP contribution in [0, 0.1) is 6.92 Å². The van der Waals surface area contributed by atoms with E-state index in [-0.39, 0.29) is 35.3 Å². The van der Waals surface area contributed by atoms with Gasteiger partial charge in [0.25, 0.3) is 0 Å². The number of rotatable bonds is 6. The van der Waals surface area contributed by atoms with Crippen LogP contribution in [-0.2, 0) is 19.6 Å². The van der Waals surface area contributed by atoms with E-state index in [2.05, 4.69) is 0 Å². The Labute approximate surface area is 129 Å². The molecule has 0 aliphatic carbocycles. The lowest BCUT2D eigenvalue weighted by atomic mass is 10.2. The lowest BCUT2D eigenvalue weighted by Crippen LogP contribution is -2.36. The van der Waals surface area contributed by atoms with Gasteiger partial charge < -0.3 is 10.5 Å². The second-order valence-corrected chi connectivity index (χ2v) is 6.70. The van der Waals surface area contributed by atoms with Crippen molar-refractivity contribution in [2.24, 2.45) is 0 Å².